The molecule has 0 aliphatic carbocycles. The molecule has 1 aromatic carbocycles. The van der Waals surface area contributed by atoms with Crippen molar-refractivity contribution in [3.8, 4) is 11.1 Å². The van der Waals surface area contributed by atoms with Crippen LogP contribution in [0.4, 0.5) is 21.8 Å². The number of rotatable bonds is 6. The first-order chi connectivity index (χ1) is 16.9. The summed E-state index contributed by atoms with van der Waals surface area (Å²) in [6, 6.07) is 5.93. The molecule has 0 bridgehead atoms. The van der Waals surface area contributed by atoms with Gasteiger partial charge in [0.2, 0.25) is 11.9 Å². The minimum Gasteiger partial charge on any atom is -0.462 e. The summed E-state index contributed by atoms with van der Waals surface area (Å²) in [5.74, 6) is -0.0662. The van der Waals surface area contributed by atoms with Gasteiger partial charge in [0.15, 0.2) is 0 Å². The standard InChI is InChI=1S/C24H24ClFN6O3/c1-3-35-23(34)17-10-16(12-27-13-17)19-14-28-24(29-18-4-5-21(26)20(25)11-18)30-22(19)32-8-6-31(7-9-32)15(2)33/h4-5,10-14H,3,6-9H2,1-2H3,(H,28,29,30). The van der Waals surface area contributed by atoms with Crippen molar-refractivity contribution in [2.24, 2.45) is 0 Å². The summed E-state index contributed by atoms with van der Waals surface area (Å²) in [4.78, 5) is 41.2. The first kappa shape index (κ1) is 24.3. The van der Waals surface area contributed by atoms with E-state index in [2.05, 4.69) is 20.2 Å². The van der Waals surface area contributed by atoms with Crippen molar-refractivity contribution in [1.82, 2.24) is 19.9 Å². The molecule has 0 unspecified atom stereocenters. The summed E-state index contributed by atoms with van der Waals surface area (Å²) >= 11 is 5.90. The van der Waals surface area contributed by atoms with E-state index in [1.165, 1.54) is 24.4 Å². The van der Waals surface area contributed by atoms with E-state index in [-0.39, 0.29) is 23.5 Å². The van der Waals surface area contributed by atoms with Gasteiger partial charge in [0, 0.05) is 68.5 Å². The van der Waals surface area contributed by atoms with Crippen LogP contribution in [0.25, 0.3) is 11.1 Å². The highest BCUT2D eigenvalue weighted by Gasteiger charge is 2.24. The average Bonchev–Trinajstić information content (AvgIpc) is 2.86. The number of benzene rings is 1. The quantitative estimate of drug-likeness (QED) is 0.510. The molecule has 2 aromatic heterocycles. The van der Waals surface area contributed by atoms with Crippen molar-refractivity contribution in [2.45, 2.75) is 13.8 Å². The number of ether oxygens (including phenoxy) is 1. The fraction of sp³-hybridized carbons (Fsp3) is 0.292. The lowest BCUT2D eigenvalue weighted by atomic mass is 10.1. The van der Waals surface area contributed by atoms with Gasteiger partial charge in [0.05, 0.1) is 17.2 Å². The van der Waals surface area contributed by atoms with Crippen LogP contribution >= 0.6 is 11.6 Å². The van der Waals surface area contributed by atoms with Gasteiger partial charge in [0.1, 0.15) is 11.6 Å². The summed E-state index contributed by atoms with van der Waals surface area (Å²) in [6.45, 7) is 5.78. The Morgan fingerprint density at radius 2 is 1.91 bits per heavy atom. The van der Waals surface area contributed by atoms with Gasteiger partial charge >= 0.3 is 5.97 Å². The first-order valence-corrected chi connectivity index (χ1v) is 11.5. The molecule has 0 spiro atoms. The second kappa shape index (κ2) is 10.6. The molecule has 0 saturated carbocycles. The number of hydrogen-bond acceptors (Lipinski definition) is 8. The van der Waals surface area contributed by atoms with Crippen molar-refractivity contribution >= 4 is 40.9 Å². The van der Waals surface area contributed by atoms with Gasteiger partial charge in [-0.3, -0.25) is 9.78 Å². The predicted molar refractivity (Wildman–Crippen MR) is 130 cm³/mol. The van der Waals surface area contributed by atoms with Crippen LogP contribution in [0.2, 0.25) is 5.02 Å². The highest BCUT2D eigenvalue weighted by molar-refractivity contribution is 6.31. The molecule has 0 radical (unpaired) electrons. The number of pyridine rings is 1. The van der Waals surface area contributed by atoms with Gasteiger partial charge in [-0.25, -0.2) is 14.2 Å². The molecule has 1 aliphatic heterocycles. The second-order valence-electron chi connectivity index (χ2n) is 7.86. The zero-order chi connectivity index (χ0) is 24.9. The van der Waals surface area contributed by atoms with E-state index in [4.69, 9.17) is 21.3 Å². The minimum atomic E-state index is -0.522. The number of esters is 1. The van der Waals surface area contributed by atoms with Gasteiger partial charge in [-0.15, -0.1) is 0 Å². The number of amides is 1. The second-order valence-corrected chi connectivity index (χ2v) is 8.27. The molecular formula is C24H24ClFN6O3. The number of nitrogens with one attached hydrogen (secondary N) is 1. The zero-order valence-electron chi connectivity index (χ0n) is 19.3. The molecule has 11 heteroatoms. The molecule has 1 amide bonds. The van der Waals surface area contributed by atoms with Crippen LogP contribution in [0.1, 0.15) is 24.2 Å². The Hall–Kier alpha value is -3.79. The molecule has 1 fully saturated rings. The van der Waals surface area contributed by atoms with Crippen molar-refractivity contribution < 1.29 is 18.7 Å². The lowest BCUT2D eigenvalue weighted by Gasteiger charge is -2.35. The molecule has 1 aliphatic rings. The van der Waals surface area contributed by atoms with Crippen LogP contribution in [0.15, 0.2) is 42.9 Å². The van der Waals surface area contributed by atoms with Crippen LogP contribution in [0, 0.1) is 5.82 Å². The molecule has 35 heavy (non-hydrogen) atoms. The number of hydrogen-bond donors (Lipinski definition) is 1. The summed E-state index contributed by atoms with van der Waals surface area (Å²) in [7, 11) is 0. The Morgan fingerprint density at radius 3 is 2.60 bits per heavy atom. The number of carbonyl (C=O) groups is 2. The topological polar surface area (TPSA) is 101 Å². The van der Waals surface area contributed by atoms with Gasteiger partial charge in [0.25, 0.3) is 0 Å². The third-order valence-electron chi connectivity index (χ3n) is 5.53. The molecule has 1 saturated heterocycles. The maximum absolute atomic E-state index is 13.5. The van der Waals surface area contributed by atoms with E-state index in [1.807, 2.05) is 0 Å². The van der Waals surface area contributed by atoms with Crippen molar-refractivity contribution in [2.75, 3.05) is 43.0 Å². The maximum atomic E-state index is 13.5. The number of halogens is 2. The van der Waals surface area contributed by atoms with E-state index in [1.54, 1.807) is 37.2 Å². The lowest BCUT2D eigenvalue weighted by molar-refractivity contribution is -0.129. The van der Waals surface area contributed by atoms with Crippen molar-refractivity contribution in [3.63, 3.8) is 0 Å². The van der Waals surface area contributed by atoms with Gasteiger partial charge in [-0.05, 0) is 31.2 Å². The minimum absolute atomic E-state index is 0.0194. The van der Waals surface area contributed by atoms with Gasteiger partial charge in [-0.2, -0.15) is 4.98 Å². The smallest absolute Gasteiger partial charge is 0.339 e. The number of piperazine rings is 1. The van der Waals surface area contributed by atoms with E-state index in [0.29, 0.717) is 54.4 Å². The fourth-order valence-corrected chi connectivity index (χ4v) is 3.91. The molecule has 9 nitrogen and oxygen atoms in total. The Morgan fingerprint density at radius 1 is 1.14 bits per heavy atom. The van der Waals surface area contributed by atoms with E-state index < -0.39 is 11.8 Å². The molecule has 0 atom stereocenters. The van der Waals surface area contributed by atoms with E-state index in [9.17, 15) is 14.0 Å². The largest absolute Gasteiger partial charge is 0.462 e. The maximum Gasteiger partial charge on any atom is 0.339 e. The SMILES string of the molecule is CCOC(=O)c1cncc(-c2cnc(Nc3ccc(F)c(Cl)c3)nc2N2CCN(C(C)=O)CC2)c1. The Labute approximate surface area is 206 Å². The first-order valence-electron chi connectivity index (χ1n) is 11.1. The monoisotopic (exact) mass is 498 g/mol. The van der Waals surface area contributed by atoms with Gasteiger partial charge in [-0.1, -0.05) is 11.6 Å². The normalized spacial score (nSPS) is 13.5. The number of aromatic nitrogens is 3. The molecule has 3 aromatic rings. The molecule has 1 N–H and O–H groups in total. The zero-order valence-corrected chi connectivity index (χ0v) is 20.0. The Bertz CT molecular complexity index is 1250. The summed E-state index contributed by atoms with van der Waals surface area (Å²) in [5.41, 5.74) is 2.17. The summed E-state index contributed by atoms with van der Waals surface area (Å²) in [5, 5.41) is 3.03. The highest BCUT2D eigenvalue weighted by Crippen LogP contribution is 2.31. The Balaban J connectivity index is 1.70. The Kier molecular flexibility index (Phi) is 7.40. The number of carbonyl (C=O) groups excluding carboxylic acids is 2. The fourth-order valence-electron chi connectivity index (χ4n) is 3.73. The van der Waals surface area contributed by atoms with Crippen molar-refractivity contribution in [1.29, 1.82) is 0 Å². The van der Waals surface area contributed by atoms with Crippen molar-refractivity contribution in [3.05, 3.63) is 59.3 Å². The summed E-state index contributed by atoms with van der Waals surface area (Å²) in [6.07, 6.45) is 4.71. The van der Waals surface area contributed by atoms with Crippen LogP contribution in [0.5, 0.6) is 0 Å². The molecule has 182 valence electrons. The molecule has 3 heterocycles. The molecular weight excluding hydrogens is 475 g/mol. The van der Waals surface area contributed by atoms with Crippen LogP contribution in [-0.2, 0) is 9.53 Å². The van der Waals surface area contributed by atoms with E-state index in [0.717, 1.165) is 0 Å². The highest BCUT2D eigenvalue weighted by atomic mass is 35.5. The third kappa shape index (κ3) is 5.65. The van der Waals surface area contributed by atoms with Crippen LogP contribution < -0.4 is 10.2 Å². The van der Waals surface area contributed by atoms with Crippen LogP contribution in [-0.4, -0.2) is 64.5 Å². The van der Waals surface area contributed by atoms with Crippen LogP contribution in [0.3, 0.4) is 0 Å². The molecule has 4 rings (SSSR count). The number of anilines is 3. The van der Waals surface area contributed by atoms with E-state index >= 15 is 0 Å². The third-order valence-corrected chi connectivity index (χ3v) is 5.82. The lowest BCUT2D eigenvalue weighted by Crippen LogP contribution is -2.48. The predicted octanol–water partition coefficient (Wildman–Crippen LogP) is 3.92. The summed E-state index contributed by atoms with van der Waals surface area (Å²) < 4.78 is 18.6. The number of nitrogens with zero attached hydrogens (tertiary/aromatic N) is 5. The van der Waals surface area contributed by atoms with Gasteiger partial charge < -0.3 is 19.9 Å². The average molecular weight is 499 g/mol.